The number of amides is 1. The Morgan fingerprint density at radius 2 is 1.68 bits per heavy atom. The number of benzene rings is 3. The smallest absolute Gasteiger partial charge is 0.224 e. The van der Waals surface area contributed by atoms with Crippen molar-refractivity contribution in [3.8, 4) is 0 Å². The van der Waals surface area contributed by atoms with E-state index >= 15 is 0 Å². The number of rotatable bonds is 4. The van der Waals surface area contributed by atoms with Crippen molar-refractivity contribution < 1.29 is 4.79 Å². The summed E-state index contributed by atoms with van der Waals surface area (Å²) in [6, 6.07) is 24.4. The van der Waals surface area contributed by atoms with Gasteiger partial charge in [-0.05, 0) is 61.7 Å². The third kappa shape index (κ3) is 3.93. The minimum atomic E-state index is -0.0607. The van der Waals surface area contributed by atoms with Crippen molar-refractivity contribution in [2.24, 2.45) is 0 Å². The summed E-state index contributed by atoms with van der Waals surface area (Å²) in [7, 11) is 0. The zero-order chi connectivity index (χ0) is 22.1. The number of hydrogen-bond acceptors (Lipinski definition) is 3. The number of carbonyl (C=O) groups excluding carboxylic acids is 1. The van der Waals surface area contributed by atoms with E-state index in [1.807, 2.05) is 41.3 Å². The number of nitrogens with two attached hydrogens (primary N) is 1. The Morgan fingerprint density at radius 3 is 2.32 bits per heavy atom. The van der Waals surface area contributed by atoms with E-state index in [2.05, 4.69) is 61.7 Å². The molecule has 2 atom stereocenters. The van der Waals surface area contributed by atoms with Gasteiger partial charge in [0.25, 0.3) is 0 Å². The van der Waals surface area contributed by atoms with E-state index in [4.69, 9.17) is 5.73 Å². The highest BCUT2D eigenvalue weighted by Gasteiger charge is 2.36. The normalized spacial score (nSPS) is 17.7. The zero-order valence-corrected chi connectivity index (χ0v) is 18.4. The van der Waals surface area contributed by atoms with Crippen molar-refractivity contribution in [3.63, 3.8) is 0 Å². The molecule has 1 aliphatic rings. The monoisotopic (exact) mass is 411 g/mol. The van der Waals surface area contributed by atoms with Crippen LogP contribution in [-0.4, -0.2) is 11.9 Å². The minimum Gasteiger partial charge on any atom is -0.399 e. The molecule has 1 amide bonds. The molecule has 0 saturated heterocycles. The van der Waals surface area contributed by atoms with Gasteiger partial charge in [-0.1, -0.05) is 54.6 Å². The molecule has 1 aliphatic heterocycles. The number of para-hydroxylation sites is 1. The van der Waals surface area contributed by atoms with Crippen LogP contribution in [-0.2, 0) is 4.79 Å². The lowest BCUT2D eigenvalue weighted by Crippen LogP contribution is -2.44. The van der Waals surface area contributed by atoms with E-state index in [1.54, 1.807) is 6.92 Å². The third-order valence-corrected chi connectivity index (χ3v) is 6.06. The first-order chi connectivity index (χ1) is 14.9. The molecule has 0 radical (unpaired) electrons. The van der Waals surface area contributed by atoms with Crippen LogP contribution < -0.4 is 15.5 Å². The molecular weight excluding hydrogens is 382 g/mol. The summed E-state index contributed by atoms with van der Waals surface area (Å²) in [6.45, 7) is 10.3. The van der Waals surface area contributed by atoms with Crippen LogP contribution in [0.2, 0.25) is 0 Å². The van der Waals surface area contributed by atoms with Gasteiger partial charge in [-0.15, -0.1) is 0 Å². The highest BCUT2D eigenvalue weighted by Crippen LogP contribution is 2.44. The molecule has 3 aromatic rings. The Balaban J connectivity index is 1.77. The van der Waals surface area contributed by atoms with Gasteiger partial charge in [0.15, 0.2) is 0 Å². The lowest BCUT2D eigenvalue weighted by Gasteiger charge is -2.45. The minimum absolute atomic E-state index is 0.0163. The van der Waals surface area contributed by atoms with E-state index < -0.39 is 0 Å². The molecular formula is C27H29N3O. The number of nitrogens with zero attached hydrogens (tertiary/aromatic N) is 2. The van der Waals surface area contributed by atoms with Gasteiger partial charge >= 0.3 is 0 Å². The van der Waals surface area contributed by atoms with Crippen LogP contribution in [0, 0.1) is 6.92 Å². The molecule has 0 bridgehead atoms. The summed E-state index contributed by atoms with van der Waals surface area (Å²) >= 11 is 0. The number of aryl methyl sites for hydroxylation is 1. The van der Waals surface area contributed by atoms with Crippen molar-refractivity contribution >= 4 is 28.7 Å². The SMILES string of the molecule is C=C(c1ccc(C)cc1)N1c2ccccc2[C@@H](N(C(C)=O)c2ccc(N)cc2)C[C@H]1C. The van der Waals surface area contributed by atoms with Crippen molar-refractivity contribution in [2.45, 2.75) is 39.3 Å². The number of hydrogen-bond donors (Lipinski definition) is 1. The Morgan fingerprint density at radius 1 is 1.03 bits per heavy atom. The van der Waals surface area contributed by atoms with Crippen LogP contribution in [0.1, 0.15) is 43.0 Å². The van der Waals surface area contributed by atoms with Gasteiger partial charge < -0.3 is 15.5 Å². The molecule has 2 N–H and O–H groups in total. The molecule has 4 nitrogen and oxygen atoms in total. The molecule has 0 fully saturated rings. The lowest BCUT2D eigenvalue weighted by atomic mass is 9.89. The van der Waals surface area contributed by atoms with Crippen LogP contribution in [0.25, 0.3) is 5.70 Å². The van der Waals surface area contributed by atoms with Crippen LogP contribution in [0.5, 0.6) is 0 Å². The van der Waals surface area contributed by atoms with Crippen LogP contribution >= 0.6 is 0 Å². The molecule has 158 valence electrons. The molecule has 4 rings (SSSR count). The predicted octanol–water partition coefficient (Wildman–Crippen LogP) is 5.94. The highest BCUT2D eigenvalue weighted by atomic mass is 16.2. The maximum Gasteiger partial charge on any atom is 0.224 e. The first kappa shape index (κ1) is 20.7. The highest BCUT2D eigenvalue weighted by molar-refractivity contribution is 5.93. The standard InChI is InChI=1S/C27H29N3O/c1-18-9-11-22(12-10-18)20(3)29-19(2)17-27(25-7-5-6-8-26(25)29)30(21(4)31)24-15-13-23(28)14-16-24/h5-16,19,27H,3,17,28H2,1-2,4H3/t19-,27+/m1/s1. The van der Waals surface area contributed by atoms with Gasteiger partial charge in [0, 0.05) is 35.7 Å². The average Bonchev–Trinajstić information content (AvgIpc) is 2.75. The molecule has 0 unspecified atom stereocenters. The van der Waals surface area contributed by atoms with Crippen molar-refractivity contribution in [2.75, 3.05) is 15.5 Å². The Labute approximate surface area is 184 Å². The van der Waals surface area contributed by atoms with E-state index in [0.717, 1.165) is 34.6 Å². The Kier molecular flexibility index (Phi) is 5.55. The van der Waals surface area contributed by atoms with E-state index in [0.29, 0.717) is 5.69 Å². The van der Waals surface area contributed by atoms with Crippen LogP contribution in [0.15, 0.2) is 79.4 Å². The average molecular weight is 412 g/mol. The largest absolute Gasteiger partial charge is 0.399 e. The second-order valence-electron chi connectivity index (χ2n) is 8.32. The van der Waals surface area contributed by atoms with E-state index in [1.165, 1.54) is 5.56 Å². The van der Waals surface area contributed by atoms with E-state index in [-0.39, 0.29) is 18.0 Å². The van der Waals surface area contributed by atoms with Gasteiger partial charge in [0.2, 0.25) is 5.91 Å². The quantitative estimate of drug-likeness (QED) is 0.541. The second kappa shape index (κ2) is 8.31. The number of fused-ring (bicyclic) bond motifs is 1. The number of anilines is 3. The molecule has 1 heterocycles. The summed E-state index contributed by atoms with van der Waals surface area (Å²) in [5.41, 5.74) is 12.9. The fourth-order valence-corrected chi connectivity index (χ4v) is 4.54. The fourth-order valence-electron chi connectivity index (χ4n) is 4.54. The molecule has 0 aromatic heterocycles. The van der Waals surface area contributed by atoms with Gasteiger partial charge in [-0.2, -0.15) is 0 Å². The van der Waals surface area contributed by atoms with Crippen molar-refractivity contribution in [1.82, 2.24) is 0 Å². The molecule has 0 saturated carbocycles. The molecule has 4 heteroatoms. The summed E-state index contributed by atoms with van der Waals surface area (Å²) < 4.78 is 0. The number of nitrogen functional groups attached to an aromatic ring is 1. The van der Waals surface area contributed by atoms with Crippen molar-refractivity contribution in [1.29, 1.82) is 0 Å². The molecule has 0 spiro atoms. The molecule has 3 aromatic carbocycles. The predicted molar refractivity (Wildman–Crippen MR) is 130 cm³/mol. The molecule has 31 heavy (non-hydrogen) atoms. The summed E-state index contributed by atoms with van der Waals surface area (Å²) in [5.74, 6) is 0.0163. The summed E-state index contributed by atoms with van der Waals surface area (Å²) in [6.07, 6.45) is 0.797. The third-order valence-electron chi connectivity index (χ3n) is 6.06. The maximum absolute atomic E-state index is 12.8. The first-order valence-electron chi connectivity index (χ1n) is 10.7. The van der Waals surface area contributed by atoms with Crippen LogP contribution in [0.3, 0.4) is 0 Å². The first-order valence-corrected chi connectivity index (χ1v) is 10.7. The van der Waals surface area contributed by atoms with E-state index in [9.17, 15) is 4.79 Å². The summed E-state index contributed by atoms with van der Waals surface area (Å²) in [5, 5.41) is 0. The lowest BCUT2D eigenvalue weighted by molar-refractivity contribution is -0.117. The second-order valence-corrected chi connectivity index (χ2v) is 8.32. The zero-order valence-electron chi connectivity index (χ0n) is 18.4. The van der Waals surface area contributed by atoms with Crippen LogP contribution in [0.4, 0.5) is 17.1 Å². The fraction of sp³-hybridized carbons (Fsp3) is 0.222. The van der Waals surface area contributed by atoms with Gasteiger partial charge in [-0.25, -0.2) is 0 Å². The topological polar surface area (TPSA) is 49.6 Å². The van der Waals surface area contributed by atoms with Gasteiger partial charge in [0.05, 0.1) is 6.04 Å². The van der Waals surface area contributed by atoms with Gasteiger partial charge in [-0.3, -0.25) is 4.79 Å². The summed E-state index contributed by atoms with van der Waals surface area (Å²) in [4.78, 5) is 17.0. The maximum atomic E-state index is 12.8. The Bertz CT molecular complexity index is 1100. The molecule has 0 aliphatic carbocycles. The Hall–Kier alpha value is -3.53. The van der Waals surface area contributed by atoms with Crippen molar-refractivity contribution in [3.05, 3.63) is 96.1 Å². The van der Waals surface area contributed by atoms with Gasteiger partial charge in [0.1, 0.15) is 0 Å². The number of carbonyl (C=O) groups is 1.